The zero-order valence-corrected chi connectivity index (χ0v) is 19.3. The SMILES string of the molecule is CCNC(=O)c1ccc(Nc2ncc(Cl)c(N[C@@H]3CCCC[C@H]3NC(C)=O)n2)c(OC)c1. The minimum absolute atomic E-state index is 0.0191. The Morgan fingerprint density at radius 3 is 2.66 bits per heavy atom. The van der Waals surface area contributed by atoms with Crippen LogP contribution in [0.25, 0.3) is 0 Å². The van der Waals surface area contributed by atoms with E-state index < -0.39 is 0 Å². The maximum atomic E-state index is 12.1. The first-order valence-corrected chi connectivity index (χ1v) is 11.1. The summed E-state index contributed by atoms with van der Waals surface area (Å²) in [6.45, 7) is 3.93. The van der Waals surface area contributed by atoms with E-state index in [1.54, 1.807) is 18.2 Å². The summed E-state index contributed by atoms with van der Waals surface area (Å²) in [7, 11) is 1.53. The molecule has 1 aromatic heterocycles. The summed E-state index contributed by atoms with van der Waals surface area (Å²) >= 11 is 6.34. The minimum Gasteiger partial charge on any atom is -0.495 e. The van der Waals surface area contributed by atoms with Crippen molar-refractivity contribution in [2.45, 2.75) is 51.6 Å². The molecule has 3 rings (SSSR count). The molecule has 1 aromatic carbocycles. The number of carbonyl (C=O) groups is 2. The van der Waals surface area contributed by atoms with Crippen LogP contribution < -0.4 is 26.0 Å². The van der Waals surface area contributed by atoms with Crippen LogP contribution in [0.2, 0.25) is 5.02 Å². The van der Waals surface area contributed by atoms with E-state index in [1.807, 2.05) is 6.92 Å². The van der Waals surface area contributed by atoms with Crippen LogP contribution >= 0.6 is 11.6 Å². The van der Waals surface area contributed by atoms with Crippen molar-refractivity contribution in [3.8, 4) is 5.75 Å². The number of aromatic nitrogens is 2. The molecular formula is C22H29ClN6O3. The van der Waals surface area contributed by atoms with Crippen LogP contribution in [0.1, 0.15) is 49.9 Å². The van der Waals surface area contributed by atoms with Crippen molar-refractivity contribution in [2.24, 2.45) is 0 Å². The summed E-state index contributed by atoms with van der Waals surface area (Å²) in [5, 5.41) is 12.7. The molecule has 0 saturated heterocycles. The number of ether oxygens (including phenoxy) is 1. The maximum absolute atomic E-state index is 12.1. The monoisotopic (exact) mass is 460 g/mol. The van der Waals surface area contributed by atoms with Crippen LogP contribution in [0.15, 0.2) is 24.4 Å². The molecule has 2 amide bonds. The Kier molecular flexibility index (Phi) is 8.10. The van der Waals surface area contributed by atoms with E-state index >= 15 is 0 Å². The van der Waals surface area contributed by atoms with Crippen molar-refractivity contribution in [2.75, 3.05) is 24.3 Å². The average Bonchev–Trinajstić information content (AvgIpc) is 2.77. The number of benzene rings is 1. The van der Waals surface area contributed by atoms with Gasteiger partial charge in [0, 0.05) is 31.1 Å². The Labute approximate surface area is 192 Å². The Morgan fingerprint density at radius 2 is 1.97 bits per heavy atom. The van der Waals surface area contributed by atoms with Gasteiger partial charge >= 0.3 is 0 Å². The molecule has 1 aliphatic rings. The fourth-order valence-corrected chi connectivity index (χ4v) is 3.91. The quantitative estimate of drug-likeness (QED) is 0.476. The van der Waals surface area contributed by atoms with Crippen LogP contribution in [0.3, 0.4) is 0 Å². The molecule has 2 aromatic rings. The molecule has 10 heteroatoms. The fourth-order valence-electron chi connectivity index (χ4n) is 3.76. The molecule has 1 aliphatic carbocycles. The molecule has 9 nitrogen and oxygen atoms in total. The third kappa shape index (κ3) is 6.00. The van der Waals surface area contributed by atoms with Gasteiger partial charge in [-0.25, -0.2) is 4.98 Å². The van der Waals surface area contributed by atoms with Crippen molar-refractivity contribution in [1.82, 2.24) is 20.6 Å². The highest BCUT2D eigenvalue weighted by molar-refractivity contribution is 6.32. The Bertz CT molecular complexity index is 971. The van der Waals surface area contributed by atoms with E-state index in [2.05, 4.69) is 31.2 Å². The number of halogens is 1. The molecule has 2 atom stereocenters. The first-order chi connectivity index (χ1) is 15.4. The number of methoxy groups -OCH3 is 1. The summed E-state index contributed by atoms with van der Waals surface area (Å²) in [5.74, 6) is 1.08. The first kappa shape index (κ1) is 23.6. The molecule has 1 heterocycles. The van der Waals surface area contributed by atoms with Crippen molar-refractivity contribution in [3.05, 3.63) is 35.0 Å². The second-order valence-electron chi connectivity index (χ2n) is 7.63. The van der Waals surface area contributed by atoms with Crippen LogP contribution in [0.4, 0.5) is 17.5 Å². The molecule has 0 unspecified atom stereocenters. The van der Waals surface area contributed by atoms with Crippen molar-refractivity contribution in [3.63, 3.8) is 0 Å². The van der Waals surface area contributed by atoms with E-state index in [9.17, 15) is 9.59 Å². The van der Waals surface area contributed by atoms with Crippen LogP contribution in [0.5, 0.6) is 5.75 Å². The van der Waals surface area contributed by atoms with Crippen molar-refractivity contribution < 1.29 is 14.3 Å². The Balaban J connectivity index is 1.78. The van der Waals surface area contributed by atoms with Gasteiger partial charge in [-0.2, -0.15) is 4.98 Å². The topological polar surface area (TPSA) is 117 Å². The lowest BCUT2D eigenvalue weighted by atomic mass is 9.90. The lowest BCUT2D eigenvalue weighted by Gasteiger charge is -2.33. The summed E-state index contributed by atoms with van der Waals surface area (Å²) in [4.78, 5) is 32.4. The number of amides is 2. The van der Waals surface area contributed by atoms with Gasteiger partial charge in [0.1, 0.15) is 10.8 Å². The molecule has 0 radical (unpaired) electrons. The Hall–Kier alpha value is -3.07. The Morgan fingerprint density at radius 1 is 1.22 bits per heavy atom. The normalized spacial score (nSPS) is 17.9. The van der Waals surface area contributed by atoms with Gasteiger partial charge in [-0.1, -0.05) is 24.4 Å². The van der Waals surface area contributed by atoms with Crippen LogP contribution in [-0.2, 0) is 4.79 Å². The molecular weight excluding hydrogens is 432 g/mol. The van der Waals surface area contributed by atoms with Gasteiger partial charge in [-0.15, -0.1) is 0 Å². The zero-order chi connectivity index (χ0) is 23.1. The molecule has 0 spiro atoms. The third-order valence-corrected chi connectivity index (χ3v) is 5.54. The highest BCUT2D eigenvalue weighted by atomic mass is 35.5. The highest BCUT2D eigenvalue weighted by Gasteiger charge is 2.26. The zero-order valence-electron chi connectivity index (χ0n) is 18.5. The number of hydrogen-bond acceptors (Lipinski definition) is 7. The van der Waals surface area contributed by atoms with E-state index in [0.717, 1.165) is 25.7 Å². The van der Waals surface area contributed by atoms with Crippen LogP contribution in [-0.4, -0.2) is 47.5 Å². The standard InChI is InChI=1S/C22H29ClN6O3/c1-4-24-21(31)14-9-10-18(19(11-14)32-3)28-22-25-12-15(23)20(29-22)27-17-8-6-5-7-16(17)26-13(2)30/h9-12,16-17H,4-8H2,1-3H3,(H,24,31)(H,26,30)(H2,25,27,28,29)/t16-,17-/m1/s1. The molecule has 1 fully saturated rings. The molecule has 0 bridgehead atoms. The van der Waals surface area contributed by atoms with Gasteiger partial charge in [-0.05, 0) is 38.0 Å². The number of rotatable bonds is 8. The third-order valence-electron chi connectivity index (χ3n) is 5.27. The number of nitrogens with zero attached hydrogens (tertiary/aromatic N) is 2. The number of carbonyl (C=O) groups excluding carboxylic acids is 2. The van der Waals surface area contributed by atoms with Gasteiger partial charge in [0.05, 0.1) is 19.0 Å². The number of nitrogens with one attached hydrogen (secondary N) is 4. The largest absolute Gasteiger partial charge is 0.495 e. The predicted octanol–water partition coefficient (Wildman–Crippen LogP) is 3.49. The lowest BCUT2D eigenvalue weighted by molar-refractivity contribution is -0.119. The first-order valence-electron chi connectivity index (χ1n) is 10.7. The second kappa shape index (κ2) is 11.0. The van der Waals surface area contributed by atoms with E-state index in [0.29, 0.717) is 40.3 Å². The van der Waals surface area contributed by atoms with Gasteiger partial charge < -0.3 is 26.0 Å². The second-order valence-corrected chi connectivity index (χ2v) is 8.04. The highest BCUT2D eigenvalue weighted by Crippen LogP contribution is 2.30. The van der Waals surface area contributed by atoms with Gasteiger partial charge in [0.25, 0.3) is 5.91 Å². The van der Waals surface area contributed by atoms with E-state index in [4.69, 9.17) is 16.3 Å². The van der Waals surface area contributed by atoms with Crippen molar-refractivity contribution in [1.29, 1.82) is 0 Å². The summed E-state index contributed by atoms with van der Waals surface area (Å²) in [5.41, 5.74) is 1.11. The molecule has 1 saturated carbocycles. The molecule has 172 valence electrons. The lowest BCUT2D eigenvalue weighted by Crippen LogP contribution is -2.48. The maximum Gasteiger partial charge on any atom is 0.251 e. The molecule has 32 heavy (non-hydrogen) atoms. The van der Waals surface area contributed by atoms with Crippen molar-refractivity contribution >= 4 is 40.9 Å². The minimum atomic E-state index is -0.173. The summed E-state index contributed by atoms with van der Waals surface area (Å²) in [6.07, 6.45) is 5.46. The predicted molar refractivity (Wildman–Crippen MR) is 125 cm³/mol. The summed E-state index contributed by atoms with van der Waals surface area (Å²) in [6, 6.07) is 5.14. The smallest absolute Gasteiger partial charge is 0.251 e. The van der Waals surface area contributed by atoms with E-state index in [-0.39, 0.29) is 23.9 Å². The van der Waals surface area contributed by atoms with Gasteiger partial charge in [-0.3, -0.25) is 9.59 Å². The number of anilines is 3. The average molecular weight is 461 g/mol. The fraction of sp³-hybridized carbons (Fsp3) is 0.455. The molecule has 0 aliphatic heterocycles. The summed E-state index contributed by atoms with van der Waals surface area (Å²) < 4.78 is 5.43. The molecule has 4 N–H and O–H groups in total. The van der Waals surface area contributed by atoms with Gasteiger partial charge in [0.2, 0.25) is 11.9 Å². The van der Waals surface area contributed by atoms with Crippen LogP contribution in [0, 0.1) is 0 Å². The van der Waals surface area contributed by atoms with E-state index in [1.165, 1.54) is 20.2 Å². The number of hydrogen-bond donors (Lipinski definition) is 4. The van der Waals surface area contributed by atoms with Gasteiger partial charge in [0.15, 0.2) is 5.82 Å².